The summed E-state index contributed by atoms with van der Waals surface area (Å²) in [5.74, 6) is 0.611. The second-order valence-corrected chi connectivity index (χ2v) is 4.55. The van der Waals surface area contributed by atoms with Gasteiger partial charge in [0.2, 0.25) is 0 Å². The lowest BCUT2D eigenvalue weighted by Gasteiger charge is -2.14. The predicted molar refractivity (Wildman–Crippen MR) is 68.8 cm³/mol. The Morgan fingerprint density at radius 3 is 2.80 bits per heavy atom. The fourth-order valence-electron chi connectivity index (χ4n) is 1.73. The lowest BCUT2D eigenvalue weighted by Crippen LogP contribution is -2.02. The van der Waals surface area contributed by atoms with Crippen LogP contribution in [0.15, 0.2) is 24.3 Å². The molecule has 0 aliphatic carbocycles. The molecule has 0 aromatic heterocycles. The van der Waals surface area contributed by atoms with Gasteiger partial charge in [-0.05, 0) is 31.2 Å². The van der Waals surface area contributed by atoms with Crippen LogP contribution in [-0.2, 0) is 4.74 Å². The Kier molecular flexibility index (Phi) is 5.96. The minimum atomic E-state index is 0.611. The molecule has 1 unspecified atom stereocenters. The zero-order chi connectivity index (χ0) is 11.1. The van der Waals surface area contributed by atoms with Crippen LogP contribution in [0, 0.1) is 6.92 Å². The van der Waals surface area contributed by atoms with Crippen molar-refractivity contribution in [2.75, 3.05) is 19.0 Å². The van der Waals surface area contributed by atoms with Crippen molar-refractivity contribution < 1.29 is 4.74 Å². The van der Waals surface area contributed by atoms with Crippen molar-refractivity contribution >= 4 is 15.9 Å². The summed E-state index contributed by atoms with van der Waals surface area (Å²) in [7, 11) is 1.76. The molecule has 0 fully saturated rings. The first-order chi connectivity index (χ1) is 7.27. The van der Waals surface area contributed by atoms with Crippen LogP contribution >= 0.6 is 15.9 Å². The van der Waals surface area contributed by atoms with Gasteiger partial charge in [0, 0.05) is 19.0 Å². The van der Waals surface area contributed by atoms with Crippen molar-refractivity contribution in [1.29, 1.82) is 0 Å². The molecule has 1 atom stereocenters. The monoisotopic (exact) mass is 270 g/mol. The first kappa shape index (κ1) is 12.7. The summed E-state index contributed by atoms with van der Waals surface area (Å²) in [6, 6.07) is 8.77. The van der Waals surface area contributed by atoms with E-state index in [1.165, 1.54) is 17.5 Å². The zero-order valence-electron chi connectivity index (χ0n) is 9.50. The molecule has 1 rings (SSSR count). The normalized spacial score (nSPS) is 12.7. The van der Waals surface area contributed by atoms with E-state index in [0.717, 1.165) is 18.4 Å². The van der Waals surface area contributed by atoms with Gasteiger partial charge in [0.05, 0.1) is 0 Å². The second kappa shape index (κ2) is 7.02. The highest BCUT2D eigenvalue weighted by atomic mass is 79.9. The zero-order valence-corrected chi connectivity index (χ0v) is 11.1. The third-order valence-corrected chi connectivity index (χ3v) is 3.38. The first-order valence-electron chi connectivity index (χ1n) is 5.39. The highest BCUT2D eigenvalue weighted by molar-refractivity contribution is 9.09. The Labute approximate surface area is 101 Å². The molecule has 0 heterocycles. The van der Waals surface area contributed by atoms with Crippen LogP contribution < -0.4 is 0 Å². The molecule has 0 spiro atoms. The van der Waals surface area contributed by atoms with E-state index >= 15 is 0 Å². The molecule has 0 amide bonds. The molecular weight excluding hydrogens is 252 g/mol. The minimum absolute atomic E-state index is 0.611. The van der Waals surface area contributed by atoms with E-state index in [9.17, 15) is 0 Å². The van der Waals surface area contributed by atoms with Crippen LogP contribution in [0.25, 0.3) is 0 Å². The lowest BCUT2D eigenvalue weighted by atomic mass is 9.95. The largest absolute Gasteiger partial charge is 0.385 e. The van der Waals surface area contributed by atoms with Gasteiger partial charge in [0.25, 0.3) is 0 Å². The summed E-state index contributed by atoms with van der Waals surface area (Å²) in [5.41, 5.74) is 2.77. The van der Waals surface area contributed by atoms with Gasteiger partial charge in [-0.25, -0.2) is 0 Å². The summed E-state index contributed by atoms with van der Waals surface area (Å²) in [5, 5.41) is 1.03. The van der Waals surface area contributed by atoms with E-state index in [1.807, 2.05) is 0 Å². The fraction of sp³-hybridized carbons (Fsp3) is 0.538. The van der Waals surface area contributed by atoms with E-state index in [-0.39, 0.29) is 0 Å². The van der Waals surface area contributed by atoms with E-state index in [2.05, 4.69) is 47.1 Å². The Morgan fingerprint density at radius 2 is 2.20 bits per heavy atom. The van der Waals surface area contributed by atoms with Gasteiger partial charge in [-0.2, -0.15) is 0 Å². The molecule has 0 N–H and O–H groups in total. The first-order valence-corrected chi connectivity index (χ1v) is 6.51. The molecule has 15 heavy (non-hydrogen) atoms. The third-order valence-electron chi connectivity index (χ3n) is 2.60. The van der Waals surface area contributed by atoms with E-state index in [4.69, 9.17) is 4.74 Å². The van der Waals surface area contributed by atoms with Gasteiger partial charge in [-0.3, -0.25) is 0 Å². The highest BCUT2D eigenvalue weighted by Crippen LogP contribution is 2.24. The van der Waals surface area contributed by atoms with Crippen LogP contribution in [0.1, 0.15) is 29.9 Å². The maximum absolute atomic E-state index is 5.08. The van der Waals surface area contributed by atoms with Crippen molar-refractivity contribution in [2.45, 2.75) is 25.7 Å². The Balaban J connectivity index is 2.57. The molecular formula is C13H19BrO. The smallest absolute Gasteiger partial charge is 0.0462 e. The van der Waals surface area contributed by atoms with Gasteiger partial charge in [-0.1, -0.05) is 45.8 Å². The number of hydrogen-bond acceptors (Lipinski definition) is 1. The number of halogens is 1. The van der Waals surface area contributed by atoms with Gasteiger partial charge < -0.3 is 4.74 Å². The number of alkyl halides is 1. The SMILES string of the molecule is COCCCC(CBr)c1cccc(C)c1. The lowest BCUT2D eigenvalue weighted by molar-refractivity contribution is 0.191. The van der Waals surface area contributed by atoms with Crippen molar-refractivity contribution in [2.24, 2.45) is 0 Å². The molecule has 0 saturated heterocycles. The molecule has 0 bridgehead atoms. The molecule has 84 valence electrons. The summed E-state index contributed by atoms with van der Waals surface area (Å²) in [4.78, 5) is 0. The molecule has 1 aromatic rings. The maximum atomic E-state index is 5.08. The summed E-state index contributed by atoms with van der Waals surface area (Å²) in [6.07, 6.45) is 2.31. The summed E-state index contributed by atoms with van der Waals surface area (Å²) in [6.45, 7) is 3.00. The molecule has 0 radical (unpaired) electrons. The number of benzene rings is 1. The van der Waals surface area contributed by atoms with Crippen LogP contribution in [-0.4, -0.2) is 19.0 Å². The fourth-order valence-corrected chi connectivity index (χ4v) is 2.43. The van der Waals surface area contributed by atoms with Crippen molar-refractivity contribution in [1.82, 2.24) is 0 Å². The van der Waals surface area contributed by atoms with Gasteiger partial charge in [-0.15, -0.1) is 0 Å². The van der Waals surface area contributed by atoms with Crippen molar-refractivity contribution in [3.05, 3.63) is 35.4 Å². The number of rotatable bonds is 6. The minimum Gasteiger partial charge on any atom is -0.385 e. The molecule has 0 aliphatic heterocycles. The van der Waals surface area contributed by atoms with Crippen LogP contribution in [0.4, 0.5) is 0 Å². The van der Waals surface area contributed by atoms with Gasteiger partial charge in [0.1, 0.15) is 0 Å². The van der Waals surface area contributed by atoms with Gasteiger partial charge >= 0.3 is 0 Å². The van der Waals surface area contributed by atoms with E-state index in [1.54, 1.807) is 7.11 Å². The maximum Gasteiger partial charge on any atom is 0.0462 e. The number of ether oxygens (including phenoxy) is 1. The van der Waals surface area contributed by atoms with Crippen molar-refractivity contribution in [3.63, 3.8) is 0 Å². The number of methoxy groups -OCH3 is 1. The highest BCUT2D eigenvalue weighted by Gasteiger charge is 2.09. The number of hydrogen-bond donors (Lipinski definition) is 0. The summed E-state index contributed by atoms with van der Waals surface area (Å²) >= 11 is 3.59. The molecule has 0 aliphatic rings. The van der Waals surface area contributed by atoms with E-state index < -0.39 is 0 Å². The molecule has 2 heteroatoms. The predicted octanol–water partition coefficient (Wildman–Crippen LogP) is 3.90. The third kappa shape index (κ3) is 4.35. The Morgan fingerprint density at radius 1 is 1.40 bits per heavy atom. The standard InChI is InChI=1S/C13H19BrO/c1-11-5-3-6-12(9-11)13(10-14)7-4-8-15-2/h3,5-6,9,13H,4,7-8,10H2,1-2H3. The second-order valence-electron chi connectivity index (χ2n) is 3.90. The van der Waals surface area contributed by atoms with Gasteiger partial charge in [0.15, 0.2) is 0 Å². The molecule has 0 saturated carbocycles. The van der Waals surface area contributed by atoms with Crippen LogP contribution in [0.5, 0.6) is 0 Å². The van der Waals surface area contributed by atoms with Crippen LogP contribution in [0.2, 0.25) is 0 Å². The van der Waals surface area contributed by atoms with Crippen molar-refractivity contribution in [3.8, 4) is 0 Å². The van der Waals surface area contributed by atoms with E-state index in [0.29, 0.717) is 5.92 Å². The average molecular weight is 271 g/mol. The Hall–Kier alpha value is -0.340. The molecule has 1 nitrogen and oxygen atoms in total. The molecule has 1 aromatic carbocycles. The van der Waals surface area contributed by atoms with Crippen LogP contribution in [0.3, 0.4) is 0 Å². The average Bonchev–Trinajstić information content (AvgIpc) is 2.24. The summed E-state index contributed by atoms with van der Waals surface area (Å²) < 4.78 is 5.08. The topological polar surface area (TPSA) is 9.23 Å². The Bertz CT molecular complexity index is 286. The quantitative estimate of drug-likeness (QED) is 0.563. The number of aryl methyl sites for hydroxylation is 1.